The summed E-state index contributed by atoms with van der Waals surface area (Å²) in [6.45, 7) is 3.48. The summed E-state index contributed by atoms with van der Waals surface area (Å²) in [5, 5.41) is 0.426. The number of ether oxygens (including phenoxy) is 3. The Kier molecular flexibility index (Phi) is 5.62. The lowest BCUT2D eigenvalue weighted by Gasteiger charge is -2.34. The minimum Gasteiger partial charge on any atom is -0.468 e. The van der Waals surface area contributed by atoms with E-state index in [4.69, 9.17) is 19.9 Å². The number of nitrogens with two attached hydrogens (primary N) is 1. The van der Waals surface area contributed by atoms with E-state index in [-0.39, 0.29) is 40.5 Å². The molecule has 8 nitrogen and oxygen atoms in total. The van der Waals surface area contributed by atoms with Crippen molar-refractivity contribution in [3.63, 3.8) is 0 Å². The van der Waals surface area contributed by atoms with Gasteiger partial charge in [0.1, 0.15) is 17.6 Å². The van der Waals surface area contributed by atoms with Gasteiger partial charge in [-0.05, 0) is 31.0 Å². The van der Waals surface area contributed by atoms with Crippen LogP contribution in [0.15, 0.2) is 35.6 Å². The lowest BCUT2D eigenvalue weighted by molar-refractivity contribution is -0.0814. The van der Waals surface area contributed by atoms with Crippen molar-refractivity contribution in [3.8, 4) is 5.88 Å². The third-order valence-electron chi connectivity index (χ3n) is 6.49. The van der Waals surface area contributed by atoms with Crippen LogP contribution in [-0.2, 0) is 21.4 Å². The number of methoxy groups -OCH3 is 1. The molecule has 1 aliphatic carbocycles. The van der Waals surface area contributed by atoms with Gasteiger partial charge < -0.3 is 19.9 Å². The number of carbonyl (C=O) groups is 1. The SMILES string of the molecule is COC[C@]12C[C@H]1[C@@](C)(c1cc(CC(=O)c3cnc(OC4COC4)cn3)ccc1F)N=C(N)S2. The number of aromatic nitrogens is 2. The van der Waals surface area contributed by atoms with Crippen LogP contribution < -0.4 is 10.5 Å². The Morgan fingerprint density at radius 2 is 2.15 bits per heavy atom. The van der Waals surface area contributed by atoms with Crippen LogP contribution >= 0.6 is 11.8 Å². The largest absolute Gasteiger partial charge is 0.468 e. The van der Waals surface area contributed by atoms with E-state index < -0.39 is 5.54 Å². The number of thioether (sulfide) groups is 1. The van der Waals surface area contributed by atoms with E-state index in [0.29, 0.717) is 42.0 Å². The molecule has 3 heterocycles. The molecule has 174 valence electrons. The maximum atomic E-state index is 15.0. The van der Waals surface area contributed by atoms with Gasteiger partial charge >= 0.3 is 0 Å². The minimum absolute atomic E-state index is 0.0242. The highest BCUT2D eigenvalue weighted by molar-refractivity contribution is 8.15. The van der Waals surface area contributed by atoms with Crippen LogP contribution in [-0.4, -0.2) is 58.7 Å². The maximum absolute atomic E-state index is 15.0. The number of nitrogens with zero attached hydrogens (tertiary/aromatic N) is 3. The number of rotatable bonds is 8. The Morgan fingerprint density at radius 3 is 2.82 bits per heavy atom. The Labute approximate surface area is 195 Å². The first-order valence-corrected chi connectivity index (χ1v) is 11.6. The number of aliphatic imine (C=N–C) groups is 1. The van der Waals surface area contributed by atoms with Crippen LogP contribution in [0, 0.1) is 11.7 Å². The second-order valence-corrected chi connectivity index (χ2v) is 10.3. The molecule has 2 aliphatic heterocycles. The number of amidine groups is 1. The van der Waals surface area contributed by atoms with Crippen LogP contribution in [0.2, 0.25) is 0 Å². The standard InChI is InChI=1S/C23H25FN4O4S/c1-22(19-7-23(19,12-30-2)33-21(25)28-22)15-5-13(3-4-16(15)24)6-18(29)17-8-27-20(9-26-17)32-14-10-31-11-14/h3-5,8-9,14,19H,6-7,10-12H2,1-2H3,(H2,25,28)/t19-,22+,23+/m0/s1. The highest BCUT2D eigenvalue weighted by Gasteiger charge is 2.66. The fourth-order valence-electron chi connectivity index (χ4n) is 4.65. The van der Waals surface area contributed by atoms with Crippen molar-refractivity contribution in [2.24, 2.45) is 16.6 Å². The zero-order valence-electron chi connectivity index (χ0n) is 18.4. The third-order valence-corrected chi connectivity index (χ3v) is 7.77. The van der Waals surface area contributed by atoms with Gasteiger partial charge in [-0.2, -0.15) is 0 Å². The van der Waals surface area contributed by atoms with E-state index in [1.54, 1.807) is 19.2 Å². The molecule has 1 saturated carbocycles. The van der Waals surface area contributed by atoms with E-state index >= 15 is 0 Å². The molecule has 33 heavy (non-hydrogen) atoms. The van der Waals surface area contributed by atoms with Crippen molar-refractivity contribution in [1.82, 2.24) is 9.97 Å². The Hall–Kier alpha value is -2.56. The van der Waals surface area contributed by atoms with Gasteiger partial charge in [-0.1, -0.05) is 17.8 Å². The van der Waals surface area contributed by atoms with E-state index in [1.807, 2.05) is 6.92 Å². The van der Waals surface area contributed by atoms with E-state index in [0.717, 1.165) is 6.42 Å². The lowest BCUT2D eigenvalue weighted by Crippen LogP contribution is -2.38. The molecule has 0 spiro atoms. The number of carbonyl (C=O) groups excluding carboxylic acids is 1. The van der Waals surface area contributed by atoms with Crippen LogP contribution in [0.5, 0.6) is 5.88 Å². The number of fused-ring (bicyclic) bond motifs is 1. The first kappa shape index (κ1) is 22.2. The van der Waals surface area contributed by atoms with E-state index in [9.17, 15) is 9.18 Å². The fourth-order valence-corrected chi connectivity index (χ4v) is 6.10. The molecular weight excluding hydrogens is 447 g/mol. The quantitative estimate of drug-likeness (QED) is 0.584. The summed E-state index contributed by atoms with van der Waals surface area (Å²) in [7, 11) is 1.65. The Morgan fingerprint density at radius 1 is 1.33 bits per heavy atom. The molecule has 3 atom stereocenters. The van der Waals surface area contributed by atoms with Crippen molar-refractivity contribution in [2.75, 3.05) is 26.9 Å². The zero-order chi connectivity index (χ0) is 23.2. The van der Waals surface area contributed by atoms with Crippen LogP contribution in [0.1, 0.15) is 35.0 Å². The van der Waals surface area contributed by atoms with Crippen molar-refractivity contribution in [2.45, 2.75) is 36.2 Å². The minimum atomic E-state index is -0.818. The predicted octanol–water partition coefficient (Wildman–Crippen LogP) is 2.50. The summed E-state index contributed by atoms with van der Waals surface area (Å²) in [5.74, 6) is -0.128. The number of ketones is 1. The second kappa shape index (κ2) is 8.34. The molecule has 0 unspecified atom stereocenters. The Balaban J connectivity index is 1.35. The summed E-state index contributed by atoms with van der Waals surface area (Å²) in [4.78, 5) is 25.8. The topological polar surface area (TPSA) is 109 Å². The number of Topliss-reactive ketones (excluding diaryl/α,β-unsaturated/α-hetero) is 1. The van der Waals surface area contributed by atoms with Crippen molar-refractivity contribution >= 4 is 22.7 Å². The van der Waals surface area contributed by atoms with E-state index in [1.165, 1.54) is 30.2 Å². The molecule has 1 aromatic carbocycles. The van der Waals surface area contributed by atoms with Crippen LogP contribution in [0.4, 0.5) is 4.39 Å². The number of hydrogen-bond acceptors (Lipinski definition) is 9. The van der Waals surface area contributed by atoms with Crippen molar-refractivity contribution in [3.05, 3.63) is 53.2 Å². The van der Waals surface area contributed by atoms with Gasteiger partial charge in [-0.25, -0.2) is 14.4 Å². The van der Waals surface area contributed by atoms with Crippen LogP contribution in [0.25, 0.3) is 0 Å². The lowest BCUT2D eigenvalue weighted by atomic mass is 9.84. The molecule has 0 radical (unpaired) electrons. The van der Waals surface area contributed by atoms with E-state index in [2.05, 4.69) is 15.0 Å². The van der Waals surface area contributed by atoms with Crippen molar-refractivity contribution in [1.29, 1.82) is 0 Å². The molecule has 3 aliphatic rings. The first-order valence-electron chi connectivity index (χ1n) is 10.7. The summed E-state index contributed by atoms with van der Waals surface area (Å²) >= 11 is 1.51. The molecule has 5 rings (SSSR count). The number of benzene rings is 1. The Bertz CT molecular complexity index is 1110. The molecule has 10 heteroatoms. The number of hydrogen-bond donors (Lipinski definition) is 1. The van der Waals surface area contributed by atoms with Gasteiger partial charge in [0, 0.05) is 25.0 Å². The highest BCUT2D eigenvalue weighted by atomic mass is 32.2. The van der Waals surface area contributed by atoms with Gasteiger partial charge in [0.15, 0.2) is 11.0 Å². The smallest absolute Gasteiger partial charge is 0.232 e. The first-order chi connectivity index (χ1) is 15.8. The molecule has 2 N–H and O–H groups in total. The second-order valence-electron chi connectivity index (χ2n) is 8.89. The molecule has 0 bridgehead atoms. The molecule has 2 fully saturated rings. The van der Waals surface area contributed by atoms with Crippen LogP contribution in [0.3, 0.4) is 0 Å². The normalized spacial score (nSPS) is 28.5. The van der Waals surface area contributed by atoms with Gasteiger partial charge in [-0.15, -0.1) is 0 Å². The van der Waals surface area contributed by atoms with Gasteiger partial charge in [0.25, 0.3) is 0 Å². The van der Waals surface area contributed by atoms with Gasteiger partial charge in [-0.3, -0.25) is 9.79 Å². The molecule has 2 aromatic rings. The molecule has 1 saturated heterocycles. The average Bonchev–Trinajstić information content (AvgIpc) is 3.47. The maximum Gasteiger partial charge on any atom is 0.232 e. The summed E-state index contributed by atoms with van der Waals surface area (Å²) < 4.78 is 30.8. The summed E-state index contributed by atoms with van der Waals surface area (Å²) in [6, 6.07) is 4.72. The molecule has 1 aromatic heterocycles. The number of halogens is 1. The highest BCUT2D eigenvalue weighted by Crippen LogP contribution is 2.65. The molecule has 0 amide bonds. The molecular formula is C23H25FN4O4S. The third kappa shape index (κ3) is 4.11. The summed E-state index contributed by atoms with van der Waals surface area (Å²) in [5.41, 5.74) is 6.65. The predicted molar refractivity (Wildman–Crippen MR) is 121 cm³/mol. The average molecular weight is 473 g/mol. The zero-order valence-corrected chi connectivity index (χ0v) is 19.2. The van der Waals surface area contributed by atoms with Crippen molar-refractivity contribution < 1.29 is 23.4 Å². The monoisotopic (exact) mass is 472 g/mol. The fraction of sp³-hybridized carbons (Fsp3) is 0.478. The van der Waals surface area contributed by atoms with Gasteiger partial charge in [0.05, 0.1) is 42.5 Å². The summed E-state index contributed by atoms with van der Waals surface area (Å²) in [6.07, 6.45) is 3.71. The van der Waals surface area contributed by atoms with Gasteiger partial charge in [0.2, 0.25) is 5.88 Å².